The SMILES string of the molecule is O=c1c(O)cc2cc(O)c3oc4ccccc4c4ccc1c2c34. The van der Waals surface area contributed by atoms with Crippen molar-refractivity contribution in [1.29, 1.82) is 0 Å². The summed E-state index contributed by atoms with van der Waals surface area (Å²) in [5.74, 6) is -0.337. The van der Waals surface area contributed by atoms with E-state index >= 15 is 0 Å². The van der Waals surface area contributed by atoms with Crippen molar-refractivity contribution in [3.05, 3.63) is 58.8 Å². The molecule has 23 heavy (non-hydrogen) atoms. The lowest BCUT2D eigenvalue weighted by molar-refractivity contribution is 0.468. The van der Waals surface area contributed by atoms with E-state index in [1.165, 1.54) is 12.1 Å². The van der Waals surface area contributed by atoms with Gasteiger partial charge in [-0.25, -0.2) is 0 Å². The molecular formula is C19H10O4. The van der Waals surface area contributed by atoms with Crippen LogP contribution in [0.3, 0.4) is 0 Å². The smallest absolute Gasteiger partial charge is 0.227 e. The molecule has 5 rings (SSSR count). The third kappa shape index (κ3) is 1.42. The Hall–Kier alpha value is -3.27. The molecule has 0 amide bonds. The highest BCUT2D eigenvalue weighted by Crippen LogP contribution is 2.42. The first-order valence-electron chi connectivity index (χ1n) is 7.20. The van der Waals surface area contributed by atoms with Gasteiger partial charge in [0.1, 0.15) is 5.58 Å². The minimum Gasteiger partial charge on any atom is -0.504 e. The first-order valence-corrected chi connectivity index (χ1v) is 7.20. The summed E-state index contributed by atoms with van der Waals surface area (Å²) in [7, 11) is 0. The Morgan fingerprint density at radius 1 is 0.783 bits per heavy atom. The van der Waals surface area contributed by atoms with Crippen LogP contribution < -0.4 is 5.43 Å². The maximum atomic E-state index is 12.2. The zero-order chi connectivity index (χ0) is 15.7. The van der Waals surface area contributed by atoms with Crippen LogP contribution in [-0.2, 0) is 0 Å². The second-order valence-corrected chi connectivity index (χ2v) is 5.68. The van der Waals surface area contributed by atoms with Crippen molar-refractivity contribution < 1.29 is 14.6 Å². The van der Waals surface area contributed by atoms with Crippen LogP contribution in [0.15, 0.2) is 57.7 Å². The highest BCUT2D eigenvalue weighted by Gasteiger charge is 2.18. The molecule has 110 valence electrons. The number of fused-ring (bicyclic) bond motifs is 2. The summed E-state index contributed by atoms with van der Waals surface area (Å²) >= 11 is 0. The van der Waals surface area contributed by atoms with Crippen molar-refractivity contribution in [3.8, 4) is 11.5 Å². The van der Waals surface area contributed by atoms with E-state index in [4.69, 9.17) is 4.42 Å². The number of hydrogen-bond donors (Lipinski definition) is 2. The van der Waals surface area contributed by atoms with Crippen LogP contribution >= 0.6 is 0 Å². The molecule has 1 aromatic heterocycles. The zero-order valence-electron chi connectivity index (χ0n) is 11.8. The Morgan fingerprint density at radius 2 is 1.52 bits per heavy atom. The van der Waals surface area contributed by atoms with Gasteiger partial charge >= 0.3 is 0 Å². The minimum absolute atomic E-state index is 0.0150. The van der Waals surface area contributed by atoms with Gasteiger partial charge in [0, 0.05) is 21.5 Å². The number of phenols is 2. The summed E-state index contributed by atoms with van der Waals surface area (Å²) in [5.41, 5.74) is 0.598. The Balaban J connectivity index is 2.24. The van der Waals surface area contributed by atoms with E-state index in [0.29, 0.717) is 32.7 Å². The number of aromatic hydroxyl groups is 2. The fourth-order valence-corrected chi connectivity index (χ4v) is 3.42. The van der Waals surface area contributed by atoms with E-state index in [0.717, 1.165) is 10.8 Å². The minimum atomic E-state index is -0.417. The Morgan fingerprint density at radius 3 is 2.39 bits per heavy atom. The van der Waals surface area contributed by atoms with Crippen LogP contribution in [-0.4, -0.2) is 10.2 Å². The van der Waals surface area contributed by atoms with Crippen molar-refractivity contribution in [2.75, 3.05) is 0 Å². The lowest BCUT2D eigenvalue weighted by Gasteiger charge is -2.13. The van der Waals surface area contributed by atoms with Gasteiger partial charge in [0.25, 0.3) is 0 Å². The van der Waals surface area contributed by atoms with Crippen molar-refractivity contribution in [3.63, 3.8) is 0 Å². The molecule has 0 spiro atoms. The molecule has 0 atom stereocenters. The molecule has 0 aliphatic carbocycles. The fraction of sp³-hybridized carbons (Fsp3) is 0. The third-order valence-corrected chi connectivity index (χ3v) is 4.40. The summed E-state index contributed by atoms with van der Waals surface area (Å²) in [4.78, 5) is 12.2. The molecule has 4 nitrogen and oxygen atoms in total. The zero-order valence-corrected chi connectivity index (χ0v) is 11.8. The second kappa shape index (κ2) is 3.93. The quantitative estimate of drug-likeness (QED) is 0.334. The normalized spacial score (nSPS) is 12.0. The van der Waals surface area contributed by atoms with Gasteiger partial charge in [-0.2, -0.15) is 0 Å². The van der Waals surface area contributed by atoms with Crippen LogP contribution in [0.1, 0.15) is 0 Å². The van der Waals surface area contributed by atoms with Crippen LogP contribution in [0.25, 0.3) is 43.5 Å². The molecule has 1 heterocycles. The molecule has 0 saturated carbocycles. The first-order chi connectivity index (χ1) is 11.1. The third-order valence-electron chi connectivity index (χ3n) is 4.40. The molecule has 0 bridgehead atoms. The molecule has 0 aliphatic rings. The molecule has 4 heteroatoms. The van der Waals surface area contributed by atoms with Crippen LogP contribution in [0.5, 0.6) is 11.5 Å². The number of rotatable bonds is 0. The summed E-state index contributed by atoms with van der Waals surface area (Å²) < 4.78 is 5.88. The predicted octanol–water partition coefficient (Wildman–Crippen LogP) is 4.10. The average molecular weight is 302 g/mol. The maximum Gasteiger partial charge on any atom is 0.227 e. The summed E-state index contributed by atoms with van der Waals surface area (Å²) in [6.45, 7) is 0. The van der Waals surface area contributed by atoms with Gasteiger partial charge in [-0.05, 0) is 35.0 Å². The number of phenolic OH excluding ortho intramolecular Hbond substituents is 2. The van der Waals surface area contributed by atoms with Gasteiger partial charge in [-0.1, -0.05) is 24.3 Å². The van der Waals surface area contributed by atoms with E-state index in [-0.39, 0.29) is 11.5 Å². The lowest BCUT2D eigenvalue weighted by atomic mass is 9.94. The molecular weight excluding hydrogens is 292 g/mol. The molecule has 4 aromatic carbocycles. The van der Waals surface area contributed by atoms with E-state index < -0.39 is 5.43 Å². The van der Waals surface area contributed by atoms with Gasteiger partial charge in [-0.15, -0.1) is 0 Å². The molecule has 0 fully saturated rings. The van der Waals surface area contributed by atoms with Gasteiger partial charge in [-0.3, -0.25) is 4.79 Å². The van der Waals surface area contributed by atoms with Gasteiger partial charge in [0.2, 0.25) is 5.43 Å². The van der Waals surface area contributed by atoms with Gasteiger partial charge in [0.15, 0.2) is 17.1 Å². The Labute approximate surface area is 129 Å². The molecule has 0 aliphatic heterocycles. The van der Waals surface area contributed by atoms with Gasteiger partial charge < -0.3 is 14.6 Å². The molecule has 0 unspecified atom stereocenters. The fourth-order valence-electron chi connectivity index (χ4n) is 3.42. The highest BCUT2D eigenvalue weighted by molar-refractivity contribution is 6.27. The molecule has 0 radical (unpaired) electrons. The summed E-state index contributed by atoms with van der Waals surface area (Å²) in [6, 6.07) is 14.0. The molecule has 5 aromatic rings. The monoisotopic (exact) mass is 302 g/mol. The standard InChI is InChI=1S/C19H10O4/c20-13-7-9-8-14(21)19-17-11(5-6-12(16(9)17)18(13)22)10-3-1-2-4-15(10)23-19/h1-8,20-21H. The Bertz CT molecular complexity index is 1300. The predicted molar refractivity (Wildman–Crippen MR) is 89.5 cm³/mol. The van der Waals surface area contributed by atoms with Crippen LogP contribution in [0, 0.1) is 0 Å². The van der Waals surface area contributed by atoms with Crippen LogP contribution in [0.4, 0.5) is 0 Å². The Kier molecular flexibility index (Phi) is 2.10. The topological polar surface area (TPSA) is 70.7 Å². The number of para-hydroxylation sites is 1. The van der Waals surface area contributed by atoms with E-state index in [2.05, 4.69) is 0 Å². The van der Waals surface area contributed by atoms with Crippen molar-refractivity contribution >= 4 is 43.5 Å². The summed E-state index contributed by atoms with van der Waals surface area (Å²) in [5, 5.41) is 24.4. The first kappa shape index (κ1) is 12.3. The van der Waals surface area contributed by atoms with Crippen molar-refractivity contribution in [2.45, 2.75) is 0 Å². The molecule has 0 saturated heterocycles. The van der Waals surface area contributed by atoms with Crippen LogP contribution in [0.2, 0.25) is 0 Å². The van der Waals surface area contributed by atoms with E-state index in [1.54, 1.807) is 6.07 Å². The van der Waals surface area contributed by atoms with E-state index in [9.17, 15) is 15.0 Å². The summed E-state index contributed by atoms with van der Waals surface area (Å²) in [6.07, 6.45) is 0. The molecule has 2 N–H and O–H groups in total. The maximum absolute atomic E-state index is 12.2. The average Bonchev–Trinajstić information content (AvgIpc) is 2.56. The van der Waals surface area contributed by atoms with E-state index in [1.807, 2.05) is 30.3 Å². The largest absolute Gasteiger partial charge is 0.504 e. The lowest BCUT2D eigenvalue weighted by Crippen LogP contribution is -2.01. The second-order valence-electron chi connectivity index (χ2n) is 5.68. The van der Waals surface area contributed by atoms with Gasteiger partial charge in [0.05, 0.1) is 0 Å². The highest BCUT2D eigenvalue weighted by atomic mass is 16.4. The number of benzene rings is 4. The number of hydrogen-bond acceptors (Lipinski definition) is 4. The van der Waals surface area contributed by atoms with Crippen molar-refractivity contribution in [2.24, 2.45) is 0 Å². The van der Waals surface area contributed by atoms with Crippen molar-refractivity contribution in [1.82, 2.24) is 0 Å².